The quantitative estimate of drug-likeness (QED) is 0.898. The summed E-state index contributed by atoms with van der Waals surface area (Å²) in [6, 6.07) is 14.1. The molecule has 0 spiro atoms. The molecule has 3 unspecified atom stereocenters. The van der Waals surface area contributed by atoms with E-state index in [4.69, 9.17) is 5.73 Å². The molecule has 4 rings (SSSR count). The SMILES string of the molecule is N[C@@H]1CCCC[C@H]1NC1CCC2CCC1N2Cc1ccccc1. The molecule has 1 aliphatic carbocycles. The number of nitrogens with two attached hydrogens (primary N) is 1. The van der Waals surface area contributed by atoms with E-state index >= 15 is 0 Å². The van der Waals surface area contributed by atoms with Crippen LogP contribution in [0, 0.1) is 0 Å². The van der Waals surface area contributed by atoms with Gasteiger partial charge < -0.3 is 11.1 Å². The van der Waals surface area contributed by atoms with Gasteiger partial charge in [-0.25, -0.2) is 0 Å². The van der Waals surface area contributed by atoms with Crippen LogP contribution in [-0.2, 0) is 6.54 Å². The Morgan fingerprint density at radius 3 is 2.52 bits per heavy atom. The highest BCUT2D eigenvalue weighted by Crippen LogP contribution is 2.37. The second-order valence-corrected chi connectivity index (χ2v) is 7.86. The Kier molecular flexibility index (Phi) is 4.70. The monoisotopic (exact) mass is 313 g/mol. The first kappa shape index (κ1) is 15.6. The highest BCUT2D eigenvalue weighted by molar-refractivity contribution is 5.16. The van der Waals surface area contributed by atoms with E-state index < -0.39 is 0 Å². The Morgan fingerprint density at radius 1 is 0.913 bits per heavy atom. The van der Waals surface area contributed by atoms with Gasteiger partial charge in [0.1, 0.15) is 0 Å². The van der Waals surface area contributed by atoms with Gasteiger partial charge in [0, 0.05) is 36.8 Å². The molecular weight excluding hydrogens is 282 g/mol. The molecule has 3 nitrogen and oxygen atoms in total. The molecule has 126 valence electrons. The van der Waals surface area contributed by atoms with Crippen molar-refractivity contribution in [3.05, 3.63) is 35.9 Å². The van der Waals surface area contributed by atoms with Crippen molar-refractivity contribution in [1.29, 1.82) is 0 Å². The summed E-state index contributed by atoms with van der Waals surface area (Å²) in [4.78, 5) is 2.78. The molecule has 3 aliphatic rings. The molecule has 1 aromatic rings. The number of nitrogens with one attached hydrogen (secondary N) is 1. The van der Waals surface area contributed by atoms with Crippen molar-refractivity contribution in [2.24, 2.45) is 5.73 Å². The van der Waals surface area contributed by atoms with Gasteiger partial charge in [0.05, 0.1) is 0 Å². The molecule has 2 saturated heterocycles. The summed E-state index contributed by atoms with van der Waals surface area (Å²) in [5.41, 5.74) is 7.83. The van der Waals surface area contributed by atoms with Crippen LogP contribution in [0.4, 0.5) is 0 Å². The maximum Gasteiger partial charge on any atom is 0.0256 e. The zero-order valence-electron chi connectivity index (χ0n) is 14.2. The lowest BCUT2D eigenvalue weighted by molar-refractivity contribution is 0.0905. The third-order valence-electron chi connectivity index (χ3n) is 6.42. The summed E-state index contributed by atoms with van der Waals surface area (Å²) < 4.78 is 0. The molecule has 1 aromatic carbocycles. The molecule has 2 heterocycles. The van der Waals surface area contributed by atoms with Gasteiger partial charge in [0.2, 0.25) is 0 Å². The molecule has 3 heteroatoms. The van der Waals surface area contributed by atoms with E-state index in [0.717, 1.165) is 12.6 Å². The van der Waals surface area contributed by atoms with Crippen molar-refractivity contribution in [3.8, 4) is 0 Å². The van der Waals surface area contributed by atoms with Crippen molar-refractivity contribution in [2.45, 2.75) is 88.1 Å². The van der Waals surface area contributed by atoms with E-state index in [0.29, 0.717) is 24.2 Å². The fourth-order valence-corrected chi connectivity index (χ4v) is 5.15. The Morgan fingerprint density at radius 2 is 1.70 bits per heavy atom. The van der Waals surface area contributed by atoms with Crippen LogP contribution in [0.5, 0.6) is 0 Å². The van der Waals surface area contributed by atoms with Gasteiger partial charge in [-0.1, -0.05) is 43.2 Å². The molecule has 0 amide bonds. The fraction of sp³-hybridized carbons (Fsp3) is 0.700. The zero-order valence-corrected chi connectivity index (χ0v) is 14.2. The van der Waals surface area contributed by atoms with Crippen LogP contribution < -0.4 is 11.1 Å². The van der Waals surface area contributed by atoms with Crippen molar-refractivity contribution >= 4 is 0 Å². The number of benzene rings is 1. The Bertz CT molecular complexity index is 503. The molecule has 0 aromatic heterocycles. The van der Waals surface area contributed by atoms with Crippen molar-refractivity contribution < 1.29 is 0 Å². The lowest BCUT2D eigenvalue weighted by Gasteiger charge is -2.43. The molecule has 2 aliphatic heterocycles. The minimum absolute atomic E-state index is 0.366. The van der Waals surface area contributed by atoms with E-state index in [2.05, 4.69) is 40.5 Å². The predicted octanol–water partition coefficient (Wildman–Crippen LogP) is 3.04. The maximum absolute atomic E-state index is 6.38. The molecular formula is C20H31N3. The topological polar surface area (TPSA) is 41.3 Å². The zero-order chi connectivity index (χ0) is 15.6. The molecule has 2 bridgehead atoms. The second-order valence-electron chi connectivity index (χ2n) is 7.86. The van der Waals surface area contributed by atoms with Crippen LogP contribution in [0.25, 0.3) is 0 Å². The van der Waals surface area contributed by atoms with Crippen molar-refractivity contribution in [3.63, 3.8) is 0 Å². The van der Waals surface area contributed by atoms with Gasteiger partial charge in [-0.3, -0.25) is 4.90 Å². The molecule has 5 atom stereocenters. The Hall–Kier alpha value is -0.900. The lowest BCUT2D eigenvalue weighted by Crippen LogP contribution is -2.58. The molecule has 1 saturated carbocycles. The smallest absolute Gasteiger partial charge is 0.0256 e. The van der Waals surface area contributed by atoms with E-state index in [1.165, 1.54) is 56.9 Å². The number of hydrogen-bond donors (Lipinski definition) is 2. The average Bonchev–Trinajstić information content (AvgIpc) is 2.84. The van der Waals surface area contributed by atoms with Crippen molar-refractivity contribution in [2.75, 3.05) is 0 Å². The van der Waals surface area contributed by atoms with Gasteiger partial charge in [0.25, 0.3) is 0 Å². The number of fused-ring (bicyclic) bond motifs is 2. The normalized spacial score (nSPS) is 37.9. The molecule has 0 radical (unpaired) electrons. The van der Waals surface area contributed by atoms with E-state index in [-0.39, 0.29) is 0 Å². The molecule has 3 fully saturated rings. The highest BCUT2D eigenvalue weighted by Gasteiger charge is 2.43. The standard InChI is InChI=1S/C20H31N3/c21-17-8-4-5-9-18(17)22-19-12-10-16-11-13-20(19)23(16)14-15-6-2-1-3-7-15/h1-3,6-7,16-20,22H,4-5,8-14,21H2/t16?,17-,18-,19?,20?/m1/s1. The summed E-state index contributed by atoms with van der Waals surface area (Å²) in [5, 5.41) is 3.98. The van der Waals surface area contributed by atoms with Crippen LogP contribution in [0.3, 0.4) is 0 Å². The van der Waals surface area contributed by atoms with Crippen molar-refractivity contribution in [1.82, 2.24) is 10.2 Å². The van der Waals surface area contributed by atoms with Gasteiger partial charge in [-0.05, 0) is 44.1 Å². The average molecular weight is 313 g/mol. The first-order valence-electron chi connectivity index (χ1n) is 9.62. The minimum atomic E-state index is 0.366. The predicted molar refractivity (Wildman–Crippen MR) is 95.2 cm³/mol. The van der Waals surface area contributed by atoms with Gasteiger partial charge in [-0.15, -0.1) is 0 Å². The van der Waals surface area contributed by atoms with E-state index in [1.54, 1.807) is 0 Å². The van der Waals surface area contributed by atoms with Crippen LogP contribution in [0.1, 0.15) is 56.9 Å². The third-order valence-corrected chi connectivity index (χ3v) is 6.42. The lowest BCUT2D eigenvalue weighted by atomic mass is 9.88. The van der Waals surface area contributed by atoms with Crippen LogP contribution in [0.2, 0.25) is 0 Å². The van der Waals surface area contributed by atoms with Crippen LogP contribution >= 0.6 is 0 Å². The fourth-order valence-electron chi connectivity index (χ4n) is 5.15. The molecule has 3 N–H and O–H groups in total. The maximum atomic E-state index is 6.38. The molecule has 23 heavy (non-hydrogen) atoms. The number of hydrogen-bond acceptors (Lipinski definition) is 3. The summed E-state index contributed by atoms with van der Waals surface area (Å²) in [6.07, 6.45) is 10.6. The van der Waals surface area contributed by atoms with Gasteiger partial charge in [0.15, 0.2) is 0 Å². The Labute approximate surface area is 140 Å². The first-order chi connectivity index (χ1) is 11.3. The third kappa shape index (κ3) is 3.33. The first-order valence-corrected chi connectivity index (χ1v) is 9.62. The second kappa shape index (κ2) is 6.92. The van der Waals surface area contributed by atoms with Gasteiger partial charge >= 0.3 is 0 Å². The van der Waals surface area contributed by atoms with E-state index in [9.17, 15) is 0 Å². The van der Waals surface area contributed by atoms with Gasteiger partial charge in [-0.2, -0.15) is 0 Å². The summed E-state index contributed by atoms with van der Waals surface area (Å²) in [6.45, 7) is 1.12. The number of rotatable bonds is 4. The highest BCUT2D eigenvalue weighted by atomic mass is 15.3. The van der Waals surface area contributed by atoms with E-state index in [1.807, 2.05) is 0 Å². The summed E-state index contributed by atoms with van der Waals surface area (Å²) in [7, 11) is 0. The number of nitrogens with zero attached hydrogens (tertiary/aromatic N) is 1. The Balaban J connectivity index is 1.43. The summed E-state index contributed by atoms with van der Waals surface area (Å²) in [5.74, 6) is 0. The van der Waals surface area contributed by atoms with Crippen LogP contribution in [0.15, 0.2) is 30.3 Å². The van der Waals surface area contributed by atoms with Crippen LogP contribution in [-0.4, -0.2) is 35.1 Å². The largest absolute Gasteiger partial charge is 0.326 e. The summed E-state index contributed by atoms with van der Waals surface area (Å²) >= 11 is 0. The number of piperidine rings is 1. The minimum Gasteiger partial charge on any atom is -0.326 e.